The van der Waals surface area contributed by atoms with Crippen molar-refractivity contribution in [3.8, 4) is 5.75 Å². The van der Waals surface area contributed by atoms with E-state index in [9.17, 15) is 53.1 Å². The maximum atomic E-state index is 14.7. The van der Waals surface area contributed by atoms with Gasteiger partial charge in [-0.05, 0) is 61.3 Å². The van der Waals surface area contributed by atoms with Crippen molar-refractivity contribution in [3.63, 3.8) is 0 Å². The lowest BCUT2D eigenvalue weighted by Crippen LogP contribution is -2.61. The average molecular weight is 1090 g/mol. The highest BCUT2D eigenvalue weighted by Gasteiger charge is 2.41. The molecule has 76 heavy (non-hydrogen) atoms. The van der Waals surface area contributed by atoms with Gasteiger partial charge >= 0.3 is 0 Å². The minimum atomic E-state index is -1.64. The Morgan fingerprint density at radius 1 is 0.711 bits per heavy atom. The molecule has 2 aliphatic heterocycles. The number of aromatic hydroxyl groups is 1. The van der Waals surface area contributed by atoms with Crippen LogP contribution in [0.3, 0.4) is 0 Å². The van der Waals surface area contributed by atoms with Crippen molar-refractivity contribution < 1.29 is 53.1 Å². The average Bonchev–Trinajstić information content (AvgIpc) is 3.88. The van der Waals surface area contributed by atoms with E-state index in [1.54, 1.807) is 42.5 Å². The molecule has 16 N–H and O–H groups in total. The second-order valence-electron chi connectivity index (χ2n) is 19.1. The van der Waals surface area contributed by atoms with Gasteiger partial charge in [-0.3, -0.25) is 52.9 Å². The van der Waals surface area contributed by atoms with Gasteiger partial charge in [0.05, 0.1) is 13.0 Å². The lowest BCUT2D eigenvalue weighted by Gasteiger charge is -2.31. The van der Waals surface area contributed by atoms with Gasteiger partial charge < -0.3 is 70.2 Å². The first-order chi connectivity index (χ1) is 36.4. The molecule has 2 heterocycles. The Kier molecular flexibility index (Phi) is 24.0. The molecule has 2 aromatic carbocycles. The van der Waals surface area contributed by atoms with E-state index in [0.29, 0.717) is 17.5 Å². The number of likely N-dealkylation sites (tertiary alicyclic amines) is 1. The number of carbonyl (C=O) groups excluding carboxylic acids is 10. The van der Waals surface area contributed by atoms with Gasteiger partial charge in [0.1, 0.15) is 48.0 Å². The van der Waals surface area contributed by atoms with E-state index >= 15 is 0 Å². The van der Waals surface area contributed by atoms with E-state index in [4.69, 9.17) is 22.9 Å². The number of phenols is 1. The molecule has 0 radical (unpaired) electrons. The van der Waals surface area contributed by atoms with Crippen molar-refractivity contribution >= 4 is 86.6 Å². The van der Waals surface area contributed by atoms with Gasteiger partial charge in [0.15, 0.2) is 5.96 Å². The minimum Gasteiger partial charge on any atom is -0.508 e. The maximum Gasteiger partial charge on any atom is 0.246 e. The fraction of sp³-hybridized carbons (Fsp3) is 0.540. The molecule has 26 heteroatoms. The molecule has 7 atom stereocenters. The Bertz CT molecular complexity index is 2390. The first kappa shape index (κ1) is 59.8. The zero-order valence-electron chi connectivity index (χ0n) is 42.3. The molecule has 2 saturated heterocycles. The van der Waals surface area contributed by atoms with Crippen LogP contribution in [0, 0.1) is 5.92 Å². The molecule has 10 amide bonds. The number of benzene rings is 2. The van der Waals surface area contributed by atoms with Gasteiger partial charge in [0, 0.05) is 43.9 Å². The molecule has 1 aliphatic carbocycles. The van der Waals surface area contributed by atoms with Gasteiger partial charge in [0.2, 0.25) is 59.1 Å². The van der Waals surface area contributed by atoms with Crippen LogP contribution in [0.15, 0.2) is 59.6 Å². The number of nitrogens with one attached hydrogen (secondary N) is 7. The minimum absolute atomic E-state index is 0.00755. The highest BCUT2D eigenvalue weighted by molar-refractivity contribution is 8.76. The number of aliphatic imine (C=N–C) groups is 1. The first-order valence-electron chi connectivity index (χ1n) is 25.4. The zero-order valence-corrected chi connectivity index (χ0v) is 43.9. The van der Waals surface area contributed by atoms with Gasteiger partial charge in [-0.15, -0.1) is 0 Å². The SMILES string of the molecule is NC(=O)CNC(=O)[C@H](CCCN=C(N)N)NC(=O)[C@@H]1CCCN1C(=O)C1CSSCCC(=O)NC(Cc2ccc(O)cc2)C(=O)N[C@@H](Cc2ccccc2)C(=O)NC(CC2CCCCC2)C(=O)N[C@@H](CC(N)=O)C(=O)N1. The highest BCUT2D eigenvalue weighted by atomic mass is 33.1. The van der Waals surface area contributed by atoms with E-state index in [2.05, 4.69) is 42.2 Å². The maximum absolute atomic E-state index is 14.7. The molecule has 3 aliphatic rings. The third-order valence-electron chi connectivity index (χ3n) is 13.1. The fourth-order valence-electron chi connectivity index (χ4n) is 9.22. The Labute approximate surface area is 448 Å². The highest BCUT2D eigenvalue weighted by Crippen LogP contribution is 2.29. The summed E-state index contributed by atoms with van der Waals surface area (Å²) in [6.45, 7) is -0.317. The lowest BCUT2D eigenvalue weighted by atomic mass is 9.84. The Morgan fingerprint density at radius 2 is 1.33 bits per heavy atom. The van der Waals surface area contributed by atoms with E-state index < -0.39 is 114 Å². The van der Waals surface area contributed by atoms with Crippen LogP contribution in [-0.2, 0) is 60.8 Å². The van der Waals surface area contributed by atoms with Gasteiger partial charge in [-0.25, -0.2) is 0 Å². The van der Waals surface area contributed by atoms with Crippen LogP contribution in [0.5, 0.6) is 5.75 Å². The fourth-order valence-corrected chi connectivity index (χ4v) is 11.4. The third-order valence-corrected chi connectivity index (χ3v) is 15.5. The Hall–Kier alpha value is -7.09. The second kappa shape index (κ2) is 30.5. The third kappa shape index (κ3) is 19.9. The summed E-state index contributed by atoms with van der Waals surface area (Å²) in [5, 5.41) is 28.7. The summed E-state index contributed by atoms with van der Waals surface area (Å²) >= 11 is 0. The number of nitrogens with zero attached hydrogens (tertiary/aromatic N) is 2. The molecule has 1 saturated carbocycles. The monoisotopic (exact) mass is 1090 g/mol. The van der Waals surface area contributed by atoms with Crippen LogP contribution in [0.4, 0.5) is 0 Å². The van der Waals surface area contributed by atoms with Crippen molar-refractivity contribution in [3.05, 3.63) is 65.7 Å². The van der Waals surface area contributed by atoms with Crippen molar-refractivity contribution in [2.45, 2.75) is 132 Å². The van der Waals surface area contributed by atoms with Crippen LogP contribution in [0.25, 0.3) is 0 Å². The number of guanidine groups is 1. The molecule has 2 aromatic rings. The summed E-state index contributed by atoms with van der Waals surface area (Å²) in [4.78, 5) is 143. The van der Waals surface area contributed by atoms with Crippen molar-refractivity contribution in [2.24, 2.45) is 33.8 Å². The number of hydrogen-bond donors (Lipinski definition) is 12. The topological polar surface area (TPSA) is 395 Å². The van der Waals surface area contributed by atoms with Gasteiger partial charge in [-0.2, -0.15) is 0 Å². The molecule has 0 spiro atoms. The summed E-state index contributed by atoms with van der Waals surface area (Å²) in [5.74, 6) is -7.85. The van der Waals surface area contributed by atoms with Gasteiger partial charge in [0.25, 0.3) is 0 Å². The predicted octanol–water partition coefficient (Wildman–Crippen LogP) is -1.64. The molecule has 24 nitrogen and oxygen atoms in total. The van der Waals surface area contributed by atoms with Crippen LogP contribution in [0.1, 0.15) is 88.2 Å². The first-order valence-corrected chi connectivity index (χ1v) is 27.9. The van der Waals surface area contributed by atoms with Crippen LogP contribution < -0.4 is 60.2 Å². The lowest BCUT2D eigenvalue weighted by molar-refractivity contribution is -0.142. The van der Waals surface area contributed by atoms with E-state index in [0.717, 1.165) is 42.9 Å². The number of nitrogens with two attached hydrogens (primary N) is 4. The molecule has 5 rings (SSSR count). The second-order valence-corrected chi connectivity index (χ2v) is 21.7. The summed E-state index contributed by atoms with van der Waals surface area (Å²) in [5.41, 5.74) is 23.0. The molecular weight excluding hydrogens is 1020 g/mol. The summed E-state index contributed by atoms with van der Waals surface area (Å²) in [6.07, 6.45) is 4.39. The molecule has 3 unspecified atom stereocenters. The quantitative estimate of drug-likeness (QED) is 0.0345. The Balaban J connectivity index is 1.46. The number of amides is 10. The van der Waals surface area contributed by atoms with Crippen molar-refractivity contribution in [2.75, 3.05) is 31.1 Å². The molecular formula is C50H71N13O11S2. The standard InChI is InChI=1S/C50H71N13O11S2/c51-40(65)26-37-47(72)62-38(49(74)63-21-8-14-39(63)48(73)58-33(13-7-20-55-50(53)54)43(68)56-27-41(52)66)28-76-75-22-19-42(67)57-34(25-31-15-17-32(64)18-16-31)44(69)59-35(23-29-9-3-1-4-10-29)45(70)60-36(46(71)61-37)24-30-11-5-2-6-12-30/h1,3-4,9-10,15-18,30,33-39,64H,2,5-8,11-14,19-28H2,(H2,51,65)(H2,52,66)(H,56,68)(H,57,67)(H,58,73)(H,59,69)(H,60,70)(H,61,71)(H,62,72)(H4,53,54,55)/t33-,34?,35-,36?,37-,38?,39-/m0/s1. The summed E-state index contributed by atoms with van der Waals surface area (Å²) in [6, 6.07) is 5.83. The van der Waals surface area contributed by atoms with E-state index in [1.165, 1.54) is 27.8 Å². The van der Waals surface area contributed by atoms with E-state index in [1.807, 2.05) is 0 Å². The molecule has 3 fully saturated rings. The van der Waals surface area contributed by atoms with Gasteiger partial charge in [-0.1, -0.05) is 96.2 Å². The number of phenolic OH excluding ortho intramolecular Hbond substituents is 1. The zero-order chi connectivity index (χ0) is 55.1. The molecule has 0 aromatic heterocycles. The number of rotatable bonds is 18. The molecule has 0 bridgehead atoms. The normalized spacial score (nSPS) is 23.0. The largest absolute Gasteiger partial charge is 0.508 e. The predicted molar refractivity (Wildman–Crippen MR) is 285 cm³/mol. The van der Waals surface area contributed by atoms with Crippen molar-refractivity contribution in [1.82, 2.24) is 42.1 Å². The number of carbonyl (C=O) groups is 10. The number of primary amides is 2. The summed E-state index contributed by atoms with van der Waals surface area (Å²) in [7, 11) is 2.29. The van der Waals surface area contributed by atoms with E-state index in [-0.39, 0.29) is 87.2 Å². The molecule has 414 valence electrons. The smallest absolute Gasteiger partial charge is 0.246 e. The summed E-state index contributed by atoms with van der Waals surface area (Å²) < 4.78 is 0. The van der Waals surface area contributed by atoms with Crippen molar-refractivity contribution in [1.29, 1.82) is 0 Å². The number of hydrogen-bond acceptors (Lipinski definition) is 14. The Morgan fingerprint density at radius 3 is 1.99 bits per heavy atom. The van der Waals surface area contributed by atoms with Crippen LogP contribution in [0.2, 0.25) is 0 Å². The van der Waals surface area contributed by atoms with Crippen LogP contribution in [-0.4, -0.2) is 148 Å². The van der Waals surface area contributed by atoms with Crippen LogP contribution >= 0.6 is 21.6 Å².